The Kier molecular flexibility index (Phi) is 2.93. The van der Waals surface area contributed by atoms with Gasteiger partial charge in [0.05, 0.1) is 4.20 Å². The number of fused-ring (bicyclic) bond motifs is 6. The zero-order valence-electron chi connectivity index (χ0n) is 11.7. The van der Waals surface area contributed by atoms with Gasteiger partial charge in [0.25, 0.3) is 0 Å². The Morgan fingerprint density at radius 2 is 1.95 bits per heavy atom. The maximum Gasteiger partial charge on any atom is 0.0630 e. The van der Waals surface area contributed by atoms with Crippen LogP contribution in [0.2, 0.25) is 0 Å². The van der Waals surface area contributed by atoms with Crippen molar-refractivity contribution in [2.75, 3.05) is 5.75 Å². The number of rotatable bonds is 0. The highest BCUT2D eigenvalue weighted by Crippen LogP contribution is 2.51. The van der Waals surface area contributed by atoms with E-state index in [-0.39, 0.29) is 0 Å². The summed E-state index contributed by atoms with van der Waals surface area (Å²) in [6.07, 6.45) is 16.2. The first kappa shape index (κ1) is 13.0. The van der Waals surface area contributed by atoms with Crippen LogP contribution in [-0.4, -0.2) is 9.95 Å². The largest absolute Gasteiger partial charge is 0.119 e. The van der Waals surface area contributed by atoms with E-state index in [0.717, 1.165) is 15.9 Å². The van der Waals surface area contributed by atoms with Gasteiger partial charge in [-0.2, -0.15) is 0 Å². The first-order valence-corrected chi connectivity index (χ1v) is 9.89. The Morgan fingerprint density at radius 3 is 2.90 bits per heavy atom. The molecule has 1 heterocycles. The van der Waals surface area contributed by atoms with Crippen LogP contribution in [0.1, 0.15) is 19.3 Å². The summed E-state index contributed by atoms with van der Waals surface area (Å²) in [4.78, 5) is 2.86. The molecule has 106 valence electrons. The van der Waals surface area contributed by atoms with E-state index in [1.807, 2.05) is 11.8 Å². The molecule has 0 aromatic carbocycles. The summed E-state index contributed by atoms with van der Waals surface area (Å²) >= 11 is 9.14. The van der Waals surface area contributed by atoms with Crippen molar-refractivity contribution in [2.45, 2.75) is 19.3 Å². The third-order valence-electron chi connectivity index (χ3n) is 5.24. The molecule has 5 rings (SSSR count). The number of thioether (sulfide) groups is 2. The Morgan fingerprint density at radius 1 is 1.05 bits per heavy atom. The van der Waals surface area contributed by atoms with E-state index in [4.69, 9.17) is 12.2 Å². The predicted molar refractivity (Wildman–Crippen MR) is 97.4 cm³/mol. The topological polar surface area (TPSA) is 0 Å². The van der Waals surface area contributed by atoms with Crippen LogP contribution in [0.25, 0.3) is 0 Å². The van der Waals surface area contributed by atoms with Crippen molar-refractivity contribution in [3.63, 3.8) is 0 Å². The molecule has 3 unspecified atom stereocenters. The smallest absolute Gasteiger partial charge is 0.0630 e. The Labute approximate surface area is 139 Å². The lowest BCUT2D eigenvalue weighted by molar-refractivity contribution is 0.630. The first-order chi connectivity index (χ1) is 10.3. The fraction of sp³-hybridized carbons (Fsp3) is 0.389. The third-order valence-corrected chi connectivity index (χ3v) is 8.16. The minimum Gasteiger partial charge on any atom is -0.119 e. The zero-order valence-corrected chi connectivity index (χ0v) is 14.1. The molecule has 0 N–H and O–H groups in total. The van der Waals surface area contributed by atoms with Gasteiger partial charge in [0.1, 0.15) is 0 Å². The highest BCUT2D eigenvalue weighted by Gasteiger charge is 2.36. The molecule has 0 amide bonds. The lowest BCUT2D eigenvalue weighted by Crippen LogP contribution is -2.11. The second kappa shape index (κ2) is 4.74. The number of thiocarbonyl (C=S) groups is 1. The molecule has 1 saturated heterocycles. The van der Waals surface area contributed by atoms with Gasteiger partial charge >= 0.3 is 0 Å². The highest BCUT2D eigenvalue weighted by atomic mass is 32.2. The van der Waals surface area contributed by atoms with Gasteiger partial charge in [-0.1, -0.05) is 53.9 Å². The molecule has 4 aliphatic carbocycles. The Bertz CT molecular complexity index is 702. The minimum absolute atomic E-state index is 0.619. The van der Waals surface area contributed by atoms with Gasteiger partial charge in [-0.15, -0.1) is 11.8 Å². The van der Waals surface area contributed by atoms with E-state index in [9.17, 15) is 0 Å². The van der Waals surface area contributed by atoms with E-state index < -0.39 is 0 Å². The predicted octanol–water partition coefficient (Wildman–Crippen LogP) is 5.41. The summed E-state index contributed by atoms with van der Waals surface area (Å²) < 4.78 is 1.12. The van der Waals surface area contributed by atoms with Gasteiger partial charge in [-0.25, -0.2) is 0 Å². The van der Waals surface area contributed by atoms with Gasteiger partial charge in [0, 0.05) is 27.4 Å². The summed E-state index contributed by atoms with van der Waals surface area (Å²) in [6.45, 7) is 0. The molecule has 2 bridgehead atoms. The van der Waals surface area contributed by atoms with Crippen molar-refractivity contribution in [3.8, 4) is 0 Å². The quantitative estimate of drug-likeness (QED) is 0.431. The van der Waals surface area contributed by atoms with Crippen molar-refractivity contribution < 1.29 is 0 Å². The van der Waals surface area contributed by atoms with E-state index in [1.165, 1.54) is 34.6 Å². The second-order valence-electron chi connectivity index (χ2n) is 6.41. The molecule has 5 aliphatic rings. The maximum absolute atomic E-state index is 5.40. The third kappa shape index (κ3) is 2.01. The van der Waals surface area contributed by atoms with Crippen LogP contribution >= 0.6 is 35.7 Å². The van der Waals surface area contributed by atoms with Crippen LogP contribution in [0.4, 0.5) is 0 Å². The van der Waals surface area contributed by atoms with Crippen LogP contribution in [0.15, 0.2) is 56.9 Å². The van der Waals surface area contributed by atoms with Gasteiger partial charge in [-0.05, 0) is 42.4 Å². The number of hydrogen-bond acceptors (Lipinski definition) is 3. The van der Waals surface area contributed by atoms with Crippen LogP contribution in [0.5, 0.6) is 0 Å². The Hall–Kier alpha value is -0.510. The maximum atomic E-state index is 5.40. The Balaban J connectivity index is 1.56. The molecule has 0 aromatic heterocycles. The van der Waals surface area contributed by atoms with Gasteiger partial charge in [0.15, 0.2) is 0 Å². The van der Waals surface area contributed by atoms with E-state index in [0.29, 0.717) is 11.8 Å². The molecule has 0 spiro atoms. The van der Waals surface area contributed by atoms with E-state index >= 15 is 0 Å². The van der Waals surface area contributed by atoms with Gasteiger partial charge in [0.2, 0.25) is 0 Å². The second-order valence-corrected chi connectivity index (χ2v) is 9.31. The summed E-state index contributed by atoms with van der Waals surface area (Å²) in [5.41, 5.74) is 4.90. The van der Waals surface area contributed by atoms with Crippen LogP contribution < -0.4 is 0 Å². The molecule has 3 heteroatoms. The molecule has 0 radical (unpaired) electrons. The zero-order chi connectivity index (χ0) is 14.0. The normalized spacial score (nSPS) is 36.5. The van der Waals surface area contributed by atoms with Crippen LogP contribution in [-0.2, 0) is 0 Å². The van der Waals surface area contributed by atoms with Gasteiger partial charge in [-0.3, -0.25) is 0 Å². The van der Waals surface area contributed by atoms with Crippen LogP contribution in [0.3, 0.4) is 0 Å². The highest BCUT2D eigenvalue weighted by molar-refractivity contribution is 8.29. The fourth-order valence-electron chi connectivity index (χ4n) is 4.24. The van der Waals surface area contributed by atoms with Crippen molar-refractivity contribution in [3.05, 3.63) is 56.9 Å². The molecule has 21 heavy (non-hydrogen) atoms. The van der Waals surface area contributed by atoms with Crippen molar-refractivity contribution in [2.24, 2.45) is 17.8 Å². The summed E-state index contributed by atoms with van der Waals surface area (Å²) in [6, 6.07) is 0. The van der Waals surface area contributed by atoms with Crippen molar-refractivity contribution in [1.82, 2.24) is 0 Å². The monoisotopic (exact) mass is 328 g/mol. The minimum atomic E-state index is 0.619. The number of hydrogen-bond donors (Lipinski definition) is 0. The van der Waals surface area contributed by atoms with Crippen molar-refractivity contribution in [1.29, 1.82) is 0 Å². The van der Waals surface area contributed by atoms with Crippen molar-refractivity contribution >= 4 is 39.9 Å². The molecule has 0 nitrogen and oxygen atoms in total. The summed E-state index contributed by atoms with van der Waals surface area (Å²) in [5, 5.41) is 0. The average molecular weight is 329 g/mol. The molecule has 0 saturated carbocycles. The molecule has 1 aliphatic heterocycles. The standard InChI is InChI=1S/C18H16S3/c19-18-9-20-16-7-10-3-4-14-11-1-2-12(5-11)15(14)6-13(10)8-17(16)21-18/h1-2,6-8,10-12H,3-5,9H2. The average Bonchev–Trinajstić information content (AvgIpc) is 3.02. The molecule has 0 aromatic rings. The lowest BCUT2D eigenvalue weighted by atomic mass is 9.89. The SMILES string of the molecule is S=C1CSC2=CC3CCC4=C(C=C3C=C2S1)C1C=CC4C1. The molecular formula is C18H16S3. The number of allylic oxidation sites excluding steroid dienone is 8. The summed E-state index contributed by atoms with van der Waals surface area (Å²) in [5.74, 6) is 3.07. The van der Waals surface area contributed by atoms with Gasteiger partial charge < -0.3 is 0 Å². The fourth-order valence-corrected chi connectivity index (χ4v) is 6.74. The van der Waals surface area contributed by atoms with Crippen LogP contribution in [0, 0.1) is 17.8 Å². The van der Waals surface area contributed by atoms with E-state index in [1.54, 1.807) is 22.9 Å². The van der Waals surface area contributed by atoms with E-state index in [2.05, 4.69) is 30.4 Å². The lowest BCUT2D eigenvalue weighted by Gasteiger charge is -2.26. The summed E-state index contributed by atoms with van der Waals surface area (Å²) in [7, 11) is 0. The molecular weight excluding hydrogens is 312 g/mol. The molecule has 3 atom stereocenters. The first-order valence-electron chi connectivity index (χ1n) is 7.68. The molecule has 1 fully saturated rings.